The minimum absolute atomic E-state index is 0.0325. The Morgan fingerprint density at radius 1 is 1.09 bits per heavy atom. The largest absolute Gasteiger partial charge is 0.472 e. The van der Waals surface area contributed by atoms with Gasteiger partial charge in [-0.25, -0.2) is 13.4 Å². The lowest BCUT2D eigenvalue weighted by molar-refractivity contribution is -0.153. The molecule has 12 heteroatoms. The number of fused-ring (bicyclic) bond motifs is 3. The zero-order chi connectivity index (χ0) is 38.3. The number of rotatable bonds is 8. The highest BCUT2D eigenvalue weighted by Crippen LogP contribution is 2.57. The predicted octanol–water partition coefficient (Wildman–Crippen LogP) is 6.31. The SMILES string of the molecule is C=C[C@@H]1C[C@]1(CC(=O)[C@@H]1C[C@@H]2CN1C(=O)[C@H](C1CCCC1)CC(=O)OCC(C)(C)CCC/C=C/c1ccc3ccnc(c3c1)O2)C(=O)NS(=O)(=O)C1CC1. The van der Waals surface area contributed by atoms with Crippen LogP contribution in [0, 0.1) is 28.6 Å². The number of carbonyl (C=O) groups excluding carboxylic acids is 4. The molecule has 0 spiro atoms. The summed E-state index contributed by atoms with van der Waals surface area (Å²) in [5.41, 5.74) is -0.516. The summed E-state index contributed by atoms with van der Waals surface area (Å²) in [6.07, 6.45) is 14.2. The highest BCUT2D eigenvalue weighted by atomic mass is 32.2. The zero-order valence-electron chi connectivity index (χ0n) is 31.5. The van der Waals surface area contributed by atoms with Crippen LogP contribution in [0.1, 0.15) is 103 Å². The molecule has 5 aliphatic rings. The van der Waals surface area contributed by atoms with Crippen molar-refractivity contribution < 1.29 is 37.1 Å². The first kappa shape index (κ1) is 38.2. The van der Waals surface area contributed by atoms with Crippen LogP contribution < -0.4 is 9.46 Å². The summed E-state index contributed by atoms with van der Waals surface area (Å²) in [6, 6.07) is 7.07. The Bertz CT molecular complexity index is 1950. The van der Waals surface area contributed by atoms with E-state index in [1.807, 2.05) is 24.3 Å². The molecule has 1 N–H and O–H groups in total. The number of cyclic esters (lactones) is 1. The number of Topliss-reactive ketones (excluding diaryl/α,β-unsaturated/α-hetero) is 1. The number of benzene rings is 1. The number of allylic oxidation sites excluding steroid dienone is 2. The van der Waals surface area contributed by atoms with E-state index in [-0.39, 0.29) is 61.4 Å². The molecule has 0 radical (unpaired) electrons. The second-order valence-corrected chi connectivity index (χ2v) is 19.0. The van der Waals surface area contributed by atoms with Crippen LogP contribution >= 0.6 is 0 Å². The molecular weight excluding hydrogens is 707 g/mol. The van der Waals surface area contributed by atoms with Crippen molar-refractivity contribution in [2.45, 2.75) is 115 Å². The number of aromatic nitrogens is 1. The standard InChI is InChI=1S/C42H53N3O8S/c1-4-30-23-42(30,40(49)44-54(50,51)32-15-16-32)24-36(46)35-21-31-25-45(35)39(48)34(28-11-7-8-12-28)22-37(47)52-26-41(2,3)18-9-5-6-10-27-13-14-29-17-19-43-38(53-31)33(29)20-27/h4,6,10,13-14,17,19-20,28,30-32,34-35H,1,5,7-9,11-12,15-16,18,21-26H2,2-3H3,(H,44,49)/b10-6+/t30-,31-,34+,35+,42-/m1/s1. The lowest BCUT2D eigenvalue weighted by Gasteiger charge is -2.31. The minimum Gasteiger partial charge on any atom is -0.472 e. The van der Waals surface area contributed by atoms with E-state index in [4.69, 9.17) is 9.47 Å². The number of amides is 2. The van der Waals surface area contributed by atoms with Crippen LogP contribution in [0.5, 0.6) is 5.88 Å². The van der Waals surface area contributed by atoms with E-state index in [0.29, 0.717) is 25.1 Å². The van der Waals surface area contributed by atoms with E-state index in [2.05, 4.69) is 42.3 Å². The molecule has 290 valence electrons. The van der Waals surface area contributed by atoms with Crippen LogP contribution in [0.2, 0.25) is 0 Å². The van der Waals surface area contributed by atoms with Crippen molar-refractivity contribution in [1.29, 1.82) is 0 Å². The Kier molecular flexibility index (Phi) is 10.8. The third kappa shape index (κ3) is 8.28. The molecule has 2 amide bonds. The first-order valence-electron chi connectivity index (χ1n) is 19.7. The first-order chi connectivity index (χ1) is 25.8. The first-order valence-corrected chi connectivity index (χ1v) is 21.2. The second-order valence-electron chi connectivity index (χ2n) is 17.1. The quantitative estimate of drug-likeness (QED) is 0.242. The van der Waals surface area contributed by atoms with Crippen LogP contribution in [0.15, 0.2) is 49.2 Å². The van der Waals surface area contributed by atoms with Gasteiger partial charge in [-0.1, -0.05) is 57.0 Å². The van der Waals surface area contributed by atoms with E-state index in [1.54, 1.807) is 17.2 Å². The molecule has 54 heavy (non-hydrogen) atoms. The zero-order valence-corrected chi connectivity index (χ0v) is 32.3. The lowest BCUT2D eigenvalue weighted by Crippen LogP contribution is -2.47. The number of pyridine rings is 1. The van der Waals surface area contributed by atoms with Crippen LogP contribution in [0.25, 0.3) is 16.8 Å². The molecule has 2 aromatic rings. The van der Waals surface area contributed by atoms with Crippen LogP contribution in [-0.2, 0) is 33.9 Å². The highest BCUT2D eigenvalue weighted by molar-refractivity contribution is 7.90. The molecule has 4 fully saturated rings. The Hall–Kier alpha value is -4.06. The van der Waals surface area contributed by atoms with Crippen molar-refractivity contribution in [2.24, 2.45) is 28.6 Å². The van der Waals surface area contributed by atoms with Gasteiger partial charge in [0, 0.05) is 24.4 Å². The fourth-order valence-electron chi connectivity index (χ4n) is 8.79. The summed E-state index contributed by atoms with van der Waals surface area (Å²) in [4.78, 5) is 62.6. The molecule has 3 saturated carbocycles. The Morgan fingerprint density at radius 2 is 1.87 bits per heavy atom. The van der Waals surface area contributed by atoms with Crippen molar-refractivity contribution in [3.63, 3.8) is 0 Å². The molecule has 1 aromatic carbocycles. The monoisotopic (exact) mass is 759 g/mol. The Morgan fingerprint density at radius 3 is 2.59 bits per heavy atom. The van der Waals surface area contributed by atoms with Crippen LogP contribution in [-0.4, -0.2) is 72.4 Å². The number of nitrogens with zero attached hydrogens (tertiary/aromatic N) is 2. The summed E-state index contributed by atoms with van der Waals surface area (Å²) in [7, 11) is -3.84. The summed E-state index contributed by atoms with van der Waals surface area (Å²) in [5, 5.41) is 1.16. The molecule has 2 aliphatic heterocycles. The third-order valence-corrected chi connectivity index (χ3v) is 14.2. The topological polar surface area (TPSA) is 149 Å². The van der Waals surface area contributed by atoms with Gasteiger partial charge in [-0.2, -0.15) is 0 Å². The number of ether oxygens (including phenoxy) is 2. The molecule has 3 heterocycles. The van der Waals surface area contributed by atoms with E-state index < -0.39 is 50.6 Å². The van der Waals surface area contributed by atoms with E-state index in [0.717, 1.165) is 61.3 Å². The molecule has 5 atom stereocenters. The molecule has 7 rings (SSSR count). The molecule has 0 unspecified atom stereocenters. The number of sulfonamides is 1. The van der Waals surface area contributed by atoms with Gasteiger partial charge in [-0.3, -0.25) is 23.9 Å². The summed E-state index contributed by atoms with van der Waals surface area (Å²) >= 11 is 0. The van der Waals surface area contributed by atoms with Gasteiger partial charge in [0.1, 0.15) is 6.10 Å². The minimum atomic E-state index is -3.84. The summed E-state index contributed by atoms with van der Waals surface area (Å²) in [6.45, 7) is 8.35. The average Bonchev–Trinajstić information content (AvgIpc) is 4.01. The average molecular weight is 760 g/mol. The highest BCUT2D eigenvalue weighted by Gasteiger charge is 2.61. The van der Waals surface area contributed by atoms with Crippen molar-refractivity contribution >= 4 is 50.4 Å². The molecule has 3 aliphatic carbocycles. The number of hydrogen-bond acceptors (Lipinski definition) is 9. The van der Waals surface area contributed by atoms with Crippen LogP contribution in [0.4, 0.5) is 0 Å². The smallest absolute Gasteiger partial charge is 0.306 e. The number of esters is 1. The van der Waals surface area contributed by atoms with Gasteiger partial charge in [0.25, 0.3) is 0 Å². The number of nitrogens with one attached hydrogen (secondary N) is 1. The summed E-state index contributed by atoms with van der Waals surface area (Å²) < 4.78 is 40.2. The number of hydrogen-bond donors (Lipinski definition) is 1. The second kappa shape index (κ2) is 15.2. The van der Waals surface area contributed by atoms with E-state index >= 15 is 0 Å². The van der Waals surface area contributed by atoms with Gasteiger partial charge >= 0.3 is 5.97 Å². The molecule has 1 aromatic heterocycles. The maximum absolute atomic E-state index is 14.8. The normalized spacial score (nSPS) is 30.0. The van der Waals surface area contributed by atoms with Crippen molar-refractivity contribution in [2.75, 3.05) is 13.2 Å². The van der Waals surface area contributed by atoms with E-state index in [9.17, 15) is 27.6 Å². The van der Waals surface area contributed by atoms with Gasteiger partial charge in [0.2, 0.25) is 27.7 Å². The Labute approximate surface area is 318 Å². The van der Waals surface area contributed by atoms with Gasteiger partial charge in [0.15, 0.2) is 5.78 Å². The molecular formula is C42H53N3O8S. The van der Waals surface area contributed by atoms with Crippen molar-refractivity contribution in [3.8, 4) is 5.88 Å². The molecule has 4 bridgehead atoms. The molecule has 1 saturated heterocycles. The maximum atomic E-state index is 14.8. The van der Waals surface area contributed by atoms with Gasteiger partial charge in [-0.15, -0.1) is 6.58 Å². The van der Waals surface area contributed by atoms with Crippen LogP contribution in [0.3, 0.4) is 0 Å². The third-order valence-electron chi connectivity index (χ3n) is 12.3. The van der Waals surface area contributed by atoms with Crippen molar-refractivity contribution in [3.05, 3.63) is 54.8 Å². The predicted molar refractivity (Wildman–Crippen MR) is 204 cm³/mol. The van der Waals surface area contributed by atoms with Gasteiger partial charge in [-0.05, 0) is 91.7 Å². The number of ketones is 1. The fraction of sp³-hybridized carbons (Fsp3) is 0.595. The summed E-state index contributed by atoms with van der Waals surface area (Å²) in [5.74, 6) is -2.44. The van der Waals surface area contributed by atoms with Gasteiger partial charge < -0.3 is 14.4 Å². The number of carbonyl (C=O) groups is 4. The Balaban J connectivity index is 1.21. The van der Waals surface area contributed by atoms with Crippen molar-refractivity contribution in [1.82, 2.24) is 14.6 Å². The lowest BCUT2D eigenvalue weighted by atomic mass is 9.85. The molecule has 11 nitrogen and oxygen atoms in total. The van der Waals surface area contributed by atoms with E-state index in [1.165, 1.54) is 0 Å². The van der Waals surface area contributed by atoms with Gasteiger partial charge in [0.05, 0.1) is 42.2 Å². The fourth-order valence-corrected chi connectivity index (χ4v) is 10.2. The maximum Gasteiger partial charge on any atom is 0.306 e.